The van der Waals surface area contributed by atoms with Crippen LogP contribution in [0, 0.1) is 5.41 Å². The molecule has 0 aliphatic heterocycles. The van der Waals surface area contributed by atoms with Gasteiger partial charge in [0.05, 0.1) is 10.6 Å². The maximum absolute atomic E-state index is 11.9. The van der Waals surface area contributed by atoms with Crippen LogP contribution in [0.4, 0.5) is 0 Å². The Morgan fingerprint density at radius 2 is 2.17 bits per heavy atom. The number of phenols is 1. The third-order valence-electron chi connectivity index (χ3n) is 2.56. The van der Waals surface area contributed by atoms with Crippen molar-refractivity contribution in [3.05, 3.63) is 28.8 Å². The lowest BCUT2D eigenvalue weighted by Gasteiger charge is -2.23. The summed E-state index contributed by atoms with van der Waals surface area (Å²) < 4.78 is 0. The first-order valence-electron chi connectivity index (χ1n) is 5.30. The number of phenolic OH excluding ortho intramolecular Hbond substituents is 1. The molecule has 1 aromatic rings. The molecule has 18 heavy (non-hydrogen) atoms. The van der Waals surface area contributed by atoms with Gasteiger partial charge in [0.25, 0.3) is 5.91 Å². The minimum absolute atomic E-state index is 0.120. The normalized spacial score (nSPS) is 11.1. The molecule has 0 radical (unpaired) electrons. The maximum Gasteiger partial charge on any atom is 0.255 e. The molecule has 0 aliphatic carbocycles. The van der Waals surface area contributed by atoms with Gasteiger partial charge in [0.15, 0.2) is 0 Å². The molecule has 4 nitrogen and oxygen atoms in total. The number of nitrogens with one attached hydrogen (secondary N) is 1. The van der Waals surface area contributed by atoms with Crippen molar-refractivity contribution in [2.75, 3.05) is 6.54 Å². The van der Waals surface area contributed by atoms with E-state index in [9.17, 15) is 9.90 Å². The molecule has 0 saturated carbocycles. The number of rotatable bonds is 4. The molecule has 98 valence electrons. The highest BCUT2D eigenvalue weighted by Gasteiger charge is 2.23. The lowest BCUT2D eigenvalue weighted by Crippen LogP contribution is -2.41. The fraction of sp³-hybridized carbons (Fsp3) is 0.333. The summed E-state index contributed by atoms with van der Waals surface area (Å²) in [6.45, 7) is 3.94. The molecular formula is C12H15ClN2O2S. The molecule has 0 aromatic heterocycles. The van der Waals surface area contributed by atoms with Gasteiger partial charge in [0, 0.05) is 17.0 Å². The molecule has 1 aromatic carbocycles. The van der Waals surface area contributed by atoms with E-state index in [2.05, 4.69) is 5.32 Å². The lowest BCUT2D eigenvalue weighted by molar-refractivity contribution is 0.0942. The summed E-state index contributed by atoms with van der Waals surface area (Å²) in [5.41, 5.74) is 5.20. The smallest absolute Gasteiger partial charge is 0.255 e. The van der Waals surface area contributed by atoms with Crippen molar-refractivity contribution >= 4 is 34.7 Å². The van der Waals surface area contributed by atoms with Crippen molar-refractivity contribution in [1.82, 2.24) is 5.32 Å². The Hall–Kier alpha value is -1.33. The van der Waals surface area contributed by atoms with E-state index >= 15 is 0 Å². The zero-order valence-electron chi connectivity index (χ0n) is 10.2. The van der Waals surface area contributed by atoms with Crippen molar-refractivity contribution in [1.29, 1.82) is 0 Å². The van der Waals surface area contributed by atoms with Crippen molar-refractivity contribution in [2.45, 2.75) is 13.8 Å². The number of benzene rings is 1. The van der Waals surface area contributed by atoms with Gasteiger partial charge in [0.1, 0.15) is 5.75 Å². The third kappa shape index (κ3) is 3.58. The zero-order valence-corrected chi connectivity index (χ0v) is 11.7. The van der Waals surface area contributed by atoms with Gasteiger partial charge < -0.3 is 16.2 Å². The number of carbonyl (C=O) groups is 1. The number of carbonyl (C=O) groups excluding carboxylic acids is 1. The minimum atomic E-state index is -0.487. The second kappa shape index (κ2) is 5.54. The van der Waals surface area contributed by atoms with Crippen LogP contribution >= 0.6 is 23.8 Å². The number of amides is 1. The molecule has 0 aliphatic rings. The molecule has 1 rings (SSSR count). The van der Waals surface area contributed by atoms with E-state index in [1.54, 1.807) is 0 Å². The van der Waals surface area contributed by atoms with Crippen LogP contribution in [-0.2, 0) is 0 Å². The standard InChI is InChI=1S/C12H15ClN2O2S/c1-12(2,11(14)18)6-15-10(17)8-5-7(13)3-4-9(8)16/h3-5,16H,6H2,1-2H3,(H2,14,18)(H,15,17). The van der Waals surface area contributed by atoms with Crippen molar-refractivity contribution in [2.24, 2.45) is 11.1 Å². The van der Waals surface area contributed by atoms with Crippen molar-refractivity contribution < 1.29 is 9.90 Å². The fourth-order valence-corrected chi connectivity index (χ4v) is 1.42. The average molecular weight is 287 g/mol. The highest BCUT2D eigenvalue weighted by atomic mass is 35.5. The van der Waals surface area contributed by atoms with Gasteiger partial charge in [-0.3, -0.25) is 4.79 Å². The van der Waals surface area contributed by atoms with E-state index in [1.165, 1.54) is 18.2 Å². The SMILES string of the molecule is CC(C)(CNC(=O)c1cc(Cl)ccc1O)C(N)=S. The fourth-order valence-electron chi connectivity index (χ4n) is 1.17. The second-order valence-electron chi connectivity index (χ2n) is 4.59. The predicted octanol–water partition coefficient (Wildman–Crippen LogP) is 2.09. The highest BCUT2D eigenvalue weighted by Crippen LogP contribution is 2.22. The van der Waals surface area contributed by atoms with Gasteiger partial charge in [-0.15, -0.1) is 0 Å². The van der Waals surface area contributed by atoms with E-state index in [4.69, 9.17) is 29.6 Å². The maximum atomic E-state index is 11.9. The van der Waals surface area contributed by atoms with Crippen LogP contribution in [0.1, 0.15) is 24.2 Å². The van der Waals surface area contributed by atoms with Gasteiger partial charge in [-0.05, 0) is 18.2 Å². The molecule has 0 bridgehead atoms. The summed E-state index contributed by atoms with van der Waals surface area (Å²) in [4.78, 5) is 12.2. The van der Waals surface area contributed by atoms with Gasteiger partial charge in [-0.25, -0.2) is 0 Å². The summed E-state index contributed by atoms with van der Waals surface area (Å²) in [5.74, 6) is -0.538. The van der Waals surface area contributed by atoms with Crippen LogP contribution in [-0.4, -0.2) is 22.5 Å². The van der Waals surface area contributed by atoms with Crippen molar-refractivity contribution in [3.63, 3.8) is 0 Å². The molecule has 0 spiro atoms. The molecule has 0 atom stereocenters. The number of aromatic hydroxyl groups is 1. The Kier molecular flexibility index (Phi) is 4.53. The Bertz CT molecular complexity index is 489. The summed E-state index contributed by atoms with van der Waals surface area (Å²) in [6.07, 6.45) is 0. The molecule has 4 N–H and O–H groups in total. The molecule has 0 heterocycles. The van der Waals surface area contributed by atoms with Crippen LogP contribution in [0.5, 0.6) is 5.75 Å². The van der Waals surface area contributed by atoms with E-state index < -0.39 is 11.3 Å². The van der Waals surface area contributed by atoms with E-state index in [0.29, 0.717) is 10.0 Å². The van der Waals surface area contributed by atoms with Crippen LogP contribution < -0.4 is 11.1 Å². The molecule has 1 amide bonds. The molecule has 0 saturated heterocycles. The highest BCUT2D eigenvalue weighted by molar-refractivity contribution is 7.80. The van der Waals surface area contributed by atoms with Crippen LogP contribution in [0.2, 0.25) is 5.02 Å². The molecule has 0 fully saturated rings. The first-order valence-corrected chi connectivity index (χ1v) is 6.09. The number of nitrogens with two attached hydrogens (primary N) is 1. The predicted molar refractivity (Wildman–Crippen MR) is 76.0 cm³/mol. The minimum Gasteiger partial charge on any atom is -0.507 e. The molecule has 6 heteroatoms. The van der Waals surface area contributed by atoms with E-state index in [-0.39, 0.29) is 17.9 Å². The average Bonchev–Trinajstić information content (AvgIpc) is 2.29. The Labute approximate surface area is 116 Å². The molecular weight excluding hydrogens is 272 g/mol. The first-order chi connectivity index (χ1) is 8.24. The summed E-state index contributed by atoms with van der Waals surface area (Å²) in [6, 6.07) is 4.28. The summed E-state index contributed by atoms with van der Waals surface area (Å²) in [7, 11) is 0. The number of hydrogen-bond donors (Lipinski definition) is 3. The Morgan fingerprint density at radius 1 is 1.56 bits per heavy atom. The van der Waals surface area contributed by atoms with Gasteiger partial charge in [-0.1, -0.05) is 37.7 Å². The van der Waals surface area contributed by atoms with Crippen LogP contribution in [0.25, 0.3) is 0 Å². The van der Waals surface area contributed by atoms with Gasteiger partial charge in [0.2, 0.25) is 0 Å². The second-order valence-corrected chi connectivity index (χ2v) is 5.47. The Morgan fingerprint density at radius 3 is 2.72 bits per heavy atom. The van der Waals surface area contributed by atoms with E-state index in [1.807, 2.05) is 13.8 Å². The van der Waals surface area contributed by atoms with Crippen LogP contribution in [0.15, 0.2) is 18.2 Å². The first kappa shape index (κ1) is 14.7. The number of hydrogen-bond acceptors (Lipinski definition) is 3. The van der Waals surface area contributed by atoms with Gasteiger partial charge in [-0.2, -0.15) is 0 Å². The Balaban J connectivity index is 2.78. The topological polar surface area (TPSA) is 75.3 Å². The number of halogens is 1. The zero-order chi connectivity index (χ0) is 13.9. The lowest BCUT2D eigenvalue weighted by atomic mass is 9.93. The van der Waals surface area contributed by atoms with E-state index in [0.717, 1.165) is 0 Å². The van der Waals surface area contributed by atoms with Gasteiger partial charge >= 0.3 is 0 Å². The monoisotopic (exact) mass is 286 g/mol. The van der Waals surface area contributed by atoms with Crippen LogP contribution in [0.3, 0.4) is 0 Å². The summed E-state index contributed by atoms with van der Waals surface area (Å²) >= 11 is 10.7. The molecule has 0 unspecified atom stereocenters. The quantitative estimate of drug-likeness (QED) is 0.741. The third-order valence-corrected chi connectivity index (χ3v) is 3.35. The summed E-state index contributed by atoms with van der Waals surface area (Å²) in [5, 5.41) is 12.6. The van der Waals surface area contributed by atoms with Crippen molar-refractivity contribution in [3.8, 4) is 5.75 Å². The largest absolute Gasteiger partial charge is 0.507 e. The number of thiocarbonyl (C=S) groups is 1.